The van der Waals surface area contributed by atoms with E-state index < -0.39 is 0 Å². The monoisotopic (exact) mass is 422 g/mol. The Hall–Kier alpha value is -3.32. The molecule has 0 spiro atoms. The van der Waals surface area contributed by atoms with Crippen LogP contribution in [0.3, 0.4) is 0 Å². The van der Waals surface area contributed by atoms with Gasteiger partial charge in [0, 0.05) is 34.6 Å². The van der Waals surface area contributed by atoms with E-state index in [0.29, 0.717) is 22.8 Å². The number of para-hydroxylation sites is 1. The molecule has 154 valence electrons. The van der Waals surface area contributed by atoms with Gasteiger partial charge in [-0.05, 0) is 31.2 Å². The molecule has 0 unspecified atom stereocenters. The van der Waals surface area contributed by atoms with Crippen LogP contribution in [-0.2, 0) is 17.9 Å². The summed E-state index contributed by atoms with van der Waals surface area (Å²) in [5.74, 6) is 0.961. The SMILES string of the molecule is CCn1cc(C(=O)OCc2csc(-c3ccc(OC)c(OC)c3)n2)c2ccccc21. The first kappa shape index (κ1) is 20.0. The van der Waals surface area contributed by atoms with E-state index in [1.165, 1.54) is 11.3 Å². The quantitative estimate of drug-likeness (QED) is 0.385. The number of thiazole rings is 1. The number of carbonyl (C=O) groups excluding carboxylic acids is 1. The van der Waals surface area contributed by atoms with Crippen LogP contribution in [0.1, 0.15) is 23.0 Å². The number of aromatic nitrogens is 2. The van der Waals surface area contributed by atoms with Crippen LogP contribution in [-0.4, -0.2) is 29.7 Å². The topological polar surface area (TPSA) is 62.6 Å². The number of hydrogen-bond donors (Lipinski definition) is 0. The number of fused-ring (bicyclic) bond motifs is 1. The molecule has 0 radical (unpaired) electrons. The maximum absolute atomic E-state index is 12.7. The highest BCUT2D eigenvalue weighted by atomic mass is 32.1. The van der Waals surface area contributed by atoms with Gasteiger partial charge < -0.3 is 18.8 Å². The van der Waals surface area contributed by atoms with Gasteiger partial charge in [0.15, 0.2) is 11.5 Å². The van der Waals surface area contributed by atoms with Gasteiger partial charge in [0.2, 0.25) is 0 Å². The molecule has 7 heteroatoms. The summed E-state index contributed by atoms with van der Waals surface area (Å²) in [7, 11) is 3.20. The van der Waals surface area contributed by atoms with Crippen LogP contribution in [0.15, 0.2) is 54.0 Å². The predicted octanol–water partition coefficient (Wildman–Crippen LogP) is 5.16. The standard InChI is InChI=1S/C23H22N2O4S/c1-4-25-12-18(17-7-5-6-8-19(17)25)23(26)29-13-16-14-30-22(24-16)15-9-10-20(27-2)21(11-15)28-3/h5-12,14H,4,13H2,1-3H3. The van der Waals surface area contributed by atoms with E-state index in [1.807, 2.05) is 65.5 Å². The third-order valence-corrected chi connectivity index (χ3v) is 5.82. The fraction of sp³-hybridized carbons (Fsp3) is 0.217. The van der Waals surface area contributed by atoms with Gasteiger partial charge >= 0.3 is 5.97 Å². The first-order valence-electron chi connectivity index (χ1n) is 9.56. The lowest BCUT2D eigenvalue weighted by molar-refractivity contribution is 0.0470. The Labute approximate surface area is 178 Å². The number of esters is 1. The Kier molecular flexibility index (Phi) is 5.72. The first-order valence-corrected chi connectivity index (χ1v) is 10.4. The summed E-state index contributed by atoms with van der Waals surface area (Å²) in [4.78, 5) is 17.3. The number of ether oxygens (including phenoxy) is 3. The molecular weight excluding hydrogens is 400 g/mol. The van der Waals surface area contributed by atoms with Crippen molar-refractivity contribution in [2.45, 2.75) is 20.1 Å². The Bertz CT molecular complexity index is 1200. The highest BCUT2D eigenvalue weighted by molar-refractivity contribution is 7.13. The lowest BCUT2D eigenvalue weighted by Crippen LogP contribution is -2.05. The molecule has 0 fully saturated rings. The van der Waals surface area contributed by atoms with Crippen LogP contribution in [0.25, 0.3) is 21.5 Å². The molecule has 0 N–H and O–H groups in total. The van der Waals surface area contributed by atoms with Crippen molar-refractivity contribution in [1.82, 2.24) is 9.55 Å². The van der Waals surface area contributed by atoms with Crippen LogP contribution in [0.4, 0.5) is 0 Å². The van der Waals surface area contributed by atoms with Gasteiger partial charge in [-0.1, -0.05) is 18.2 Å². The molecule has 2 heterocycles. The maximum atomic E-state index is 12.7. The molecule has 0 aliphatic heterocycles. The van der Waals surface area contributed by atoms with Crippen molar-refractivity contribution in [2.75, 3.05) is 14.2 Å². The molecule has 0 aliphatic carbocycles. The number of hydrogen-bond acceptors (Lipinski definition) is 6. The van der Waals surface area contributed by atoms with Crippen molar-refractivity contribution in [1.29, 1.82) is 0 Å². The van der Waals surface area contributed by atoms with Crippen molar-refractivity contribution >= 4 is 28.2 Å². The average molecular weight is 423 g/mol. The molecule has 6 nitrogen and oxygen atoms in total. The van der Waals surface area contributed by atoms with Crippen LogP contribution in [0, 0.1) is 0 Å². The summed E-state index contributed by atoms with van der Waals surface area (Å²) in [5, 5.41) is 3.62. The average Bonchev–Trinajstić information content (AvgIpc) is 3.42. The Morgan fingerprint density at radius 2 is 1.90 bits per heavy atom. The van der Waals surface area contributed by atoms with Gasteiger partial charge in [-0.25, -0.2) is 9.78 Å². The second kappa shape index (κ2) is 8.59. The molecule has 0 atom stereocenters. The first-order chi connectivity index (χ1) is 14.6. The maximum Gasteiger partial charge on any atom is 0.340 e. The van der Waals surface area contributed by atoms with Crippen LogP contribution in [0.5, 0.6) is 11.5 Å². The largest absolute Gasteiger partial charge is 0.493 e. The molecule has 0 saturated carbocycles. The smallest absolute Gasteiger partial charge is 0.340 e. The van der Waals surface area contributed by atoms with E-state index in [0.717, 1.165) is 28.0 Å². The number of methoxy groups -OCH3 is 2. The minimum absolute atomic E-state index is 0.119. The van der Waals surface area contributed by atoms with Gasteiger partial charge in [-0.2, -0.15) is 0 Å². The number of benzene rings is 2. The molecule has 2 aromatic heterocycles. The fourth-order valence-corrected chi connectivity index (χ4v) is 4.16. The second-order valence-corrected chi connectivity index (χ2v) is 7.49. The zero-order valence-corrected chi connectivity index (χ0v) is 17.9. The van der Waals surface area contributed by atoms with E-state index in [4.69, 9.17) is 14.2 Å². The van der Waals surface area contributed by atoms with E-state index in [2.05, 4.69) is 4.98 Å². The molecule has 0 bridgehead atoms. The Morgan fingerprint density at radius 1 is 1.10 bits per heavy atom. The molecule has 30 heavy (non-hydrogen) atoms. The van der Waals surface area contributed by atoms with Gasteiger partial charge in [-0.3, -0.25) is 0 Å². The van der Waals surface area contributed by atoms with Crippen LogP contribution >= 0.6 is 11.3 Å². The van der Waals surface area contributed by atoms with E-state index in [1.54, 1.807) is 14.2 Å². The van der Waals surface area contributed by atoms with Gasteiger partial charge in [0.25, 0.3) is 0 Å². The van der Waals surface area contributed by atoms with E-state index in [-0.39, 0.29) is 12.6 Å². The summed E-state index contributed by atoms with van der Waals surface area (Å²) in [5.41, 5.74) is 3.22. The van der Waals surface area contributed by atoms with Gasteiger partial charge in [0.05, 0.1) is 25.5 Å². The lowest BCUT2D eigenvalue weighted by Gasteiger charge is -2.08. The molecule has 0 saturated heterocycles. The summed E-state index contributed by atoms with van der Waals surface area (Å²) >= 11 is 1.49. The van der Waals surface area contributed by atoms with Crippen molar-refractivity contribution in [3.8, 4) is 22.1 Å². The third-order valence-electron chi connectivity index (χ3n) is 4.88. The van der Waals surface area contributed by atoms with Gasteiger partial charge in [-0.15, -0.1) is 11.3 Å². The number of rotatable bonds is 7. The summed E-state index contributed by atoms with van der Waals surface area (Å²) < 4.78 is 18.2. The summed E-state index contributed by atoms with van der Waals surface area (Å²) in [6.07, 6.45) is 1.85. The minimum atomic E-state index is -0.348. The Morgan fingerprint density at radius 3 is 2.67 bits per heavy atom. The van der Waals surface area contributed by atoms with Crippen molar-refractivity contribution in [2.24, 2.45) is 0 Å². The van der Waals surface area contributed by atoms with Crippen molar-refractivity contribution in [3.05, 3.63) is 65.3 Å². The molecular formula is C23H22N2O4S. The molecule has 4 rings (SSSR count). The predicted molar refractivity (Wildman–Crippen MR) is 117 cm³/mol. The zero-order chi connectivity index (χ0) is 21.1. The molecule has 0 aliphatic rings. The highest BCUT2D eigenvalue weighted by Gasteiger charge is 2.17. The number of aryl methyl sites for hydroxylation is 1. The van der Waals surface area contributed by atoms with Crippen LogP contribution in [0.2, 0.25) is 0 Å². The molecule has 0 amide bonds. The van der Waals surface area contributed by atoms with Crippen LogP contribution < -0.4 is 9.47 Å². The van der Waals surface area contributed by atoms with Crippen molar-refractivity contribution < 1.29 is 19.0 Å². The minimum Gasteiger partial charge on any atom is -0.493 e. The zero-order valence-electron chi connectivity index (χ0n) is 17.0. The molecule has 2 aromatic carbocycles. The number of carbonyl (C=O) groups is 1. The van der Waals surface area contributed by atoms with E-state index in [9.17, 15) is 4.79 Å². The third kappa shape index (κ3) is 3.76. The van der Waals surface area contributed by atoms with Gasteiger partial charge in [0.1, 0.15) is 11.6 Å². The van der Waals surface area contributed by atoms with Crippen molar-refractivity contribution in [3.63, 3.8) is 0 Å². The summed E-state index contributed by atoms with van der Waals surface area (Å²) in [6.45, 7) is 2.95. The normalized spacial score (nSPS) is 10.9. The second-order valence-electron chi connectivity index (χ2n) is 6.64. The summed E-state index contributed by atoms with van der Waals surface area (Å²) in [6, 6.07) is 13.5. The lowest BCUT2D eigenvalue weighted by atomic mass is 10.2. The Balaban J connectivity index is 1.49. The van der Waals surface area contributed by atoms with E-state index >= 15 is 0 Å². The highest BCUT2D eigenvalue weighted by Crippen LogP contribution is 2.33. The molecule has 4 aromatic rings. The number of nitrogens with zero attached hydrogens (tertiary/aromatic N) is 2. The fourth-order valence-electron chi connectivity index (χ4n) is 3.36.